The second-order valence-electron chi connectivity index (χ2n) is 4.96. The fraction of sp³-hybridized carbons (Fsp3) is 0.294. The van der Waals surface area contributed by atoms with Crippen molar-refractivity contribution in [3.8, 4) is 5.75 Å². The SMILES string of the molecule is CCC(C)Oc1ccc(CNc2ccc(F)c(Cl)c2)cc1. The van der Waals surface area contributed by atoms with Crippen LogP contribution in [0.1, 0.15) is 25.8 Å². The molecule has 2 aromatic rings. The van der Waals surface area contributed by atoms with Gasteiger partial charge in [-0.1, -0.05) is 30.7 Å². The average Bonchev–Trinajstić information content (AvgIpc) is 2.50. The Balaban J connectivity index is 1.92. The quantitative estimate of drug-likeness (QED) is 0.785. The van der Waals surface area contributed by atoms with E-state index < -0.39 is 5.82 Å². The zero-order chi connectivity index (χ0) is 15.2. The van der Waals surface area contributed by atoms with Crippen molar-refractivity contribution in [3.63, 3.8) is 0 Å². The van der Waals surface area contributed by atoms with Gasteiger partial charge in [-0.2, -0.15) is 0 Å². The largest absolute Gasteiger partial charge is 0.491 e. The normalized spacial score (nSPS) is 12.0. The van der Waals surface area contributed by atoms with Gasteiger partial charge in [0.05, 0.1) is 11.1 Å². The lowest BCUT2D eigenvalue weighted by atomic mass is 10.2. The summed E-state index contributed by atoms with van der Waals surface area (Å²) in [6, 6.07) is 12.5. The van der Waals surface area contributed by atoms with E-state index in [1.54, 1.807) is 12.1 Å². The molecule has 0 fully saturated rings. The van der Waals surface area contributed by atoms with Crippen LogP contribution in [0.2, 0.25) is 5.02 Å². The zero-order valence-corrected chi connectivity index (χ0v) is 13.0. The Kier molecular flexibility index (Phi) is 5.45. The van der Waals surface area contributed by atoms with Crippen molar-refractivity contribution >= 4 is 17.3 Å². The molecular weight excluding hydrogens is 289 g/mol. The van der Waals surface area contributed by atoms with Crippen LogP contribution in [0, 0.1) is 5.82 Å². The summed E-state index contributed by atoms with van der Waals surface area (Å²) >= 11 is 5.75. The second kappa shape index (κ2) is 7.32. The van der Waals surface area contributed by atoms with Crippen molar-refractivity contribution < 1.29 is 9.13 Å². The van der Waals surface area contributed by atoms with Gasteiger partial charge in [0.2, 0.25) is 0 Å². The van der Waals surface area contributed by atoms with Crippen LogP contribution >= 0.6 is 11.6 Å². The maximum absolute atomic E-state index is 13.1. The van der Waals surface area contributed by atoms with Gasteiger partial charge in [-0.05, 0) is 49.2 Å². The summed E-state index contributed by atoms with van der Waals surface area (Å²) in [6.45, 7) is 4.79. The molecule has 0 aliphatic rings. The smallest absolute Gasteiger partial charge is 0.141 e. The Morgan fingerprint density at radius 1 is 1.19 bits per heavy atom. The lowest BCUT2D eigenvalue weighted by Crippen LogP contribution is -2.09. The first kappa shape index (κ1) is 15.6. The average molecular weight is 308 g/mol. The highest BCUT2D eigenvalue weighted by atomic mass is 35.5. The maximum atomic E-state index is 13.1. The van der Waals surface area contributed by atoms with E-state index in [2.05, 4.69) is 12.2 Å². The molecule has 1 N–H and O–H groups in total. The van der Waals surface area contributed by atoms with E-state index in [0.717, 1.165) is 23.4 Å². The molecule has 0 spiro atoms. The molecule has 0 saturated carbocycles. The van der Waals surface area contributed by atoms with Gasteiger partial charge < -0.3 is 10.1 Å². The Morgan fingerprint density at radius 2 is 1.90 bits per heavy atom. The minimum atomic E-state index is -0.409. The van der Waals surface area contributed by atoms with Crippen molar-refractivity contribution in [2.45, 2.75) is 32.9 Å². The van der Waals surface area contributed by atoms with Crippen LogP contribution in [0.5, 0.6) is 5.75 Å². The monoisotopic (exact) mass is 307 g/mol. The van der Waals surface area contributed by atoms with Crippen LogP contribution in [0.3, 0.4) is 0 Å². The minimum Gasteiger partial charge on any atom is -0.491 e. The van der Waals surface area contributed by atoms with E-state index in [1.807, 2.05) is 31.2 Å². The number of hydrogen-bond acceptors (Lipinski definition) is 2. The fourth-order valence-corrected chi connectivity index (χ4v) is 1.99. The van der Waals surface area contributed by atoms with Crippen molar-refractivity contribution in [1.29, 1.82) is 0 Å². The molecule has 0 saturated heterocycles. The third-order valence-corrected chi connectivity index (χ3v) is 3.54. The number of ether oxygens (including phenoxy) is 1. The summed E-state index contributed by atoms with van der Waals surface area (Å²) in [6.07, 6.45) is 1.20. The second-order valence-corrected chi connectivity index (χ2v) is 5.37. The Labute approximate surface area is 129 Å². The van der Waals surface area contributed by atoms with Crippen LogP contribution in [0.15, 0.2) is 42.5 Å². The molecule has 0 aliphatic heterocycles. The first-order valence-corrected chi connectivity index (χ1v) is 7.40. The summed E-state index contributed by atoms with van der Waals surface area (Å²) in [5.74, 6) is 0.465. The minimum absolute atomic E-state index is 0.123. The highest BCUT2D eigenvalue weighted by Crippen LogP contribution is 2.20. The molecule has 112 valence electrons. The molecule has 0 aliphatic carbocycles. The van der Waals surface area contributed by atoms with Gasteiger partial charge in [0.1, 0.15) is 11.6 Å². The summed E-state index contributed by atoms with van der Waals surface area (Å²) in [7, 11) is 0. The van der Waals surface area contributed by atoms with E-state index >= 15 is 0 Å². The van der Waals surface area contributed by atoms with E-state index in [1.165, 1.54) is 6.07 Å². The summed E-state index contributed by atoms with van der Waals surface area (Å²) in [5.41, 5.74) is 1.91. The third-order valence-electron chi connectivity index (χ3n) is 3.25. The maximum Gasteiger partial charge on any atom is 0.141 e. The van der Waals surface area contributed by atoms with Gasteiger partial charge in [0, 0.05) is 12.2 Å². The van der Waals surface area contributed by atoms with Crippen LogP contribution in [0.4, 0.5) is 10.1 Å². The van der Waals surface area contributed by atoms with Gasteiger partial charge >= 0.3 is 0 Å². The van der Waals surface area contributed by atoms with Gasteiger partial charge in [0.25, 0.3) is 0 Å². The predicted molar refractivity (Wildman–Crippen MR) is 85.6 cm³/mol. The van der Waals surface area contributed by atoms with Gasteiger partial charge in [-0.25, -0.2) is 4.39 Å². The molecular formula is C17H19ClFNO. The number of hydrogen-bond donors (Lipinski definition) is 1. The molecule has 1 atom stereocenters. The van der Waals surface area contributed by atoms with E-state index in [-0.39, 0.29) is 11.1 Å². The van der Waals surface area contributed by atoms with Crippen molar-refractivity contribution in [2.75, 3.05) is 5.32 Å². The van der Waals surface area contributed by atoms with Gasteiger partial charge in [-0.3, -0.25) is 0 Å². The topological polar surface area (TPSA) is 21.3 Å². The summed E-state index contributed by atoms with van der Waals surface area (Å²) in [4.78, 5) is 0. The number of nitrogens with one attached hydrogen (secondary N) is 1. The highest BCUT2D eigenvalue weighted by molar-refractivity contribution is 6.31. The first-order chi connectivity index (χ1) is 10.1. The molecule has 0 bridgehead atoms. The lowest BCUT2D eigenvalue weighted by Gasteiger charge is -2.13. The van der Waals surface area contributed by atoms with E-state index in [4.69, 9.17) is 16.3 Å². The number of benzene rings is 2. The molecule has 0 radical (unpaired) electrons. The van der Waals surface area contributed by atoms with Crippen LogP contribution < -0.4 is 10.1 Å². The van der Waals surface area contributed by atoms with E-state index in [9.17, 15) is 4.39 Å². The zero-order valence-electron chi connectivity index (χ0n) is 12.2. The van der Waals surface area contributed by atoms with Crippen molar-refractivity contribution in [3.05, 3.63) is 58.9 Å². The molecule has 0 aromatic heterocycles. The lowest BCUT2D eigenvalue weighted by molar-refractivity contribution is 0.217. The molecule has 1 unspecified atom stereocenters. The van der Waals surface area contributed by atoms with Crippen LogP contribution in [-0.2, 0) is 6.54 Å². The van der Waals surface area contributed by atoms with Gasteiger partial charge in [0.15, 0.2) is 0 Å². The number of anilines is 1. The van der Waals surface area contributed by atoms with Gasteiger partial charge in [-0.15, -0.1) is 0 Å². The van der Waals surface area contributed by atoms with Crippen LogP contribution in [0.25, 0.3) is 0 Å². The highest BCUT2D eigenvalue weighted by Gasteiger charge is 2.02. The standard InChI is InChI=1S/C17H19ClFNO/c1-3-12(2)21-15-7-4-13(5-8-15)11-20-14-6-9-17(19)16(18)10-14/h4-10,12,20H,3,11H2,1-2H3. The summed E-state index contributed by atoms with van der Waals surface area (Å²) < 4.78 is 18.8. The fourth-order valence-electron chi connectivity index (χ4n) is 1.81. The molecule has 21 heavy (non-hydrogen) atoms. The summed E-state index contributed by atoms with van der Waals surface area (Å²) in [5, 5.41) is 3.33. The molecule has 4 heteroatoms. The molecule has 2 nitrogen and oxygen atoms in total. The predicted octanol–water partition coefficient (Wildman–Crippen LogP) is 5.27. The molecule has 2 rings (SSSR count). The van der Waals surface area contributed by atoms with Crippen molar-refractivity contribution in [2.24, 2.45) is 0 Å². The number of halogens is 2. The Hall–Kier alpha value is -1.74. The Morgan fingerprint density at radius 3 is 2.52 bits per heavy atom. The first-order valence-electron chi connectivity index (χ1n) is 7.03. The molecule has 0 amide bonds. The van der Waals surface area contributed by atoms with E-state index in [0.29, 0.717) is 6.54 Å². The third kappa shape index (κ3) is 4.64. The molecule has 0 heterocycles. The Bertz CT molecular complexity index is 586. The molecule has 2 aromatic carbocycles. The van der Waals surface area contributed by atoms with Crippen molar-refractivity contribution in [1.82, 2.24) is 0 Å². The number of rotatable bonds is 6. The van der Waals surface area contributed by atoms with Crippen LogP contribution in [-0.4, -0.2) is 6.10 Å².